The van der Waals surface area contributed by atoms with Gasteiger partial charge in [0, 0.05) is 5.56 Å². The van der Waals surface area contributed by atoms with Crippen LogP contribution in [-0.2, 0) is 6.42 Å². The molecule has 0 aliphatic heterocycles. The molecule has 0 aromatic heterocycles. The van der Waals surface area contributed by atoms with Crippen molar-refractivity contribution in [3.8, 4) is 11.1 Å². The van der Waals surface area contributed by atoms with Crippen LogP contribution in [-0.4, -0.2) is 0 Å². The van der Waals surface area contributed by atoms with Crippen molar-refractivity contribution >= 4 is 0 Å². The molecule has 174 valence electrons. The average molecular weight is 439 g/mol. The minimum absolute atomic E-state index is 0.177. The monoisotopic (exact) mass is 438 g/mol. The summed E-state index contributed by atoms with van der Waals surface area (Å²) in [6.07, 6.45) is 15.7. The Morgan fingerprint density at radius 1 is 0.719 bits per heavy atom. The highest BCUT2D eigenvalue weighted by atomic mass is 19.1. The minimum Gasteiger partial charge on any atom is -0.207 e. The molecule has 2 aliphatic carbocycles. The molecule has 2 fully saturated rings. The van der Waals surface area contributed by atoms with Gasteiger partial charge in [-0.2, -0.15) is 0 Å². The molecule has 2 aromatic carbocycles. The lowest BCUT2D eigenvalue weighted by atomic mass is 9.68. The fourth-order valence-electron chi connectivity index (χ4n) is 6.42. The molecule has 0 saturated heterocycles. The summed E-state index contributed by atoms with van der Waals surface area (Å²) in [6, 6.07) is 11.4. The van der Waals surface area contributed by atoms with Crippen LogP contribution in [0, 0.1) is 29.4 Å². The number of halogens is 2. The van der Waals surface area contributed by atoms with E-state index in [9.17, 15) is 8.78 Å². The zero-order valence-electron chi connectivity index (χ0n) is 20.0. The van der Waals surface area contributed by atoms with Crippen molar-refractivity contribution < 1.29 is 8.78 Å². The molecule has 0 nitrogen and oxygen atoms in total. The summed E-state index contributed by atoms with van der Waals surface area (Å²) >= 11 is 0. The Morgan fingerprint density at radius 2 is 1.28 bits per heavy atom. The highest BCUT2D eigenvalue weighted by molar-refractivity contribution is 5.64. The fraction of sp³-hybridized carbons (Fsp3) is 0.600. The van der Waals surface area contributed by atoms with Crippen LogP contribution in [0.1, 0.15) is 102 Å². The normalized spacial score (nSPS) is 26.2. The molecule has 0 heterocycles. The maximum Gasteiger partial charge on any atom is 0.129 e. The summed E-state index contributed by atoms with van der Waals surface area (Å²) in [5.74, 6) is 2.65. The van der Waals surface area contributed by atoms with E-state index in [1.807, 2.05) is 12.1 Å². The fourth-order valence-corrected chi connectivity index (χ4v) is 6.42. The highest BCUT2D eigenvalue weighted by Gasteiger charge is 2.31. The van der Waals surface area contributed by atoms with Gasteiger partial charge >= 0.3 is 0 Å². The van der Waals surface area contributed by atoms with Crippen molar-refractivity contribution in [1.29, 1.82) is 0 Å². The molecule has 2 aromatic rings. The van der Waals surface area contributed by atoms with E-state index in [1.165, 1.54) is 88.3 Å². The van der Waals surface area contributed by atoms with Gasteiger partial charge < -0.3 is 0 Å². The molecule has 0 atom stereocenters. The summed E-state index contributed by atoms with van der Waals surface area (Å²) in [5, 5.41) is 0. The molecule has 2 saturated carbocycles. The second kappa shape index (κ2) is 10.9. The van der Waals surface area contributed by atoms with Crippen molar-refractivity contribution in [1.82, 2.24) is 0 Å². The van der Waals surface area contributed by atoms with E-state index in [4.69, 9.17) is 0 Å². The molecule has 0 bridgehead atoms. The van der Waals surface area contributed by atoms with Gasteiger partial charge in [-0.15, -0.1) is 0 Å². The lowest BCUT2D eigenvalue weighted by molar-refractivity contribution is 0.156. The van der Waals surface area contributed by atoms with Gasteiger partial charge in [-0.3, -0.25) is 0 Å². The van der Waals surface area contributed by atoms with Crippen molar-refractivity contribution in [2.24, 2.45) is 17.8 Å². The second-order valence-corrected chi connectivity index (χ2v) is 10.4. The largest absolute Gasteiger partial charge is 0.207 e. The van der Waals surface area contributed by atoms with Crippen LogP contribution in [0.2, 0.25) is 0 Å². The van der Waals surface area contributed by atoms with Gasteiger partial charge in [0.15, 0.2) is 0 Å². The Hall–Kier alpha value is -1.70. The number of unbranched alkanes of at least 4 members (excludes halogenated alkanes) is 1. The molecule has 2 heteroatoms. The van der Waals surface area contributed by atoms with Crippen molar-refractivity contribution in [3.05, 3.63) is 59.2 Å². The summed E-state index contributed by atoms with van der Waals surface area (Å²) in [7, 11) is 0. The van der Waals surface area contributed by atoms with Gasteiger partial charge in [0.05, 0.1) is 0 Å². The molecule has 4 rings (SSSR count). The van der Waals surface area contributed by atoms with Crippen LogP contribution in [0.4, 0.5) is 8.78 Å². The van der Waals surface area contributed by atoms with Crippen LogP contribution >= 0.6 is 0 Å². The molecule has 0 amide bonds. The van der Waals surface area contributed by atoms with Gasteiger partial charge in [0.1, 0.15) is 11.6 Å². The first-order chi connectivity index (χ1) is 15.6. The maximum absolute atomic E-state index is 14.2. The first-order valence-corrected chi connectivity index (χ1v) is 13.2. The quantitative estimate of drug-likeness (QED) is 0.404. The van der Waals surface area contributed by atoms with E-state index in [0.717, 1.165) is 23.3 Å². The zero-order chi connectivity index (χ0) is 22.5. The van der Waals surface area contributed by atoms with Gasteiger partial charge in [-0.1, -0.05) is 70.2 Å². The van der Waals surface area contributed by atoms with Gasteiger partial charge in [0.25, 0.3) is 0 Å². The lowest BCUT2D eigenvalue weighted by Crippen LogP contribution is -2.25. The summed E-state index contributed by atoms with van der Waals surface area (Å²) in [5.41, 5.74) is 3.09. The molecule has 0 spiro atoms. The van der Waals surface area contributed by atoms with Crippen molar-refractivity contribution in [3.63, 3.8) is 0 Å². The van der Waals surface area contributed by atoms with Crippen LogP contribution in [0.5, 0.6) is 0 Å². The molecular weight excluding hydrogens is 398 g/mol. The second-order valence-electron chi connectivity index (χ2n) is 10.4. The highest BCUT2D eigenvalue weighted by Crippen LogP contribution is 2.44. The van der Waals surface area contributed by atoms with E-state index in [-0.39, 0.29) is 5.56 Å². The van der Waals surface area contributed by atoms with Crippen LogP contribution < -0.4 is 0 Å². The standard InChI is InChI=1S/C30H40F2/c1-3-5-6-21-7-9-22(10-8-21)23-11-13-24(14-12-23)25-15-17-26(18-16-25)27-19-29(31)28(4-2)30(32)20-27/h15-24H,3-14H2,1-2H3. The third-order valence-corrected chi connectivity index (χ3v) is 8.51. The van der Waals surface area contributed by atoms with Crippen LogP contribution in [0.25, 0.3) is 11.1 Å². The Balaban J connectivity index is 1.31. The first-order valence-electron chi connectivity index (χ1n) is 13.2. The van der Waals surface area contributed by atoms with E-state index >= 15 is 0 Å². The number of rotatable bonds is 7. The van der Waals surface area contributed by atoms with Gasteiger partial charge in [-0.25, -0.2) is 8.78 Å². The molecule has 2 aliphatic rings. The lowest BCUT2D eigenvalue weighted by Gasteiger charge is -2.38. The van der Waals surface area contributed by atoms with Gasteiger partial charge in [0.2, 0.25) is 0 Å². The SMILES string of the molecule is CCCCC1CCC(C2CCC(c3ccc(-c4cc(F)c(CC)c(F)c4)cc3)CC2)CC1. The number of hydrogen-bond acceptors (Lipinski definition) is 0. The van der Waals surface area contributed by atoms with E-state index in [1.54, 1.807) is 6.92 Å². The van der Waals surface area contributed by atoms with Crippen LogP contribution in [0.15, 0.2) is 36.4 Å². The third-order valence-electron chi connectivity index (χ3n) is 8.51. The smallest absolute Gasteiger partial charge is 0.129 e. The summed E-state index contributed by atoms with van der Waals surface area (Å²) in [4.78, 5) is 0. The molecule has 0 radical (unpaired) electrons. The van der Waals surface area contributed by atoms with Crippen LogP contribution in [0.3, 0.4) is 0 Å². The van der Waals surface area contributed by atoms with Gasteiger partial charge in [-0.05, 0) is 97.4 Å². The maximum atomic E-state index is 14.2. The summed E-state index contributed by atoms with van der Waals surface area (Å²) < 4.78 is 28.4. The molecule has 0 unspecified atom stereocenters. The summed E-state index contributed by atoms with van der Waals surface area (Å²) in [6.45, 7) is 4.09. The number of benzene rings is 2. The average Bonchev–Trinajstić information content (AvgIpc) is 2.83. The predicted octanol–water partition coefficient (Wildman–Crippen LogP) is 9.46. The third kappa shape index (κ3) is 5.43. The number of hydrogen-bond donors (Lipinski definition) is 0. The van der Waals surface area contributed by atoms with E-state index in [0.29, 0.717) is 17.9 Å². The first kappa shape index (κ1) is 23.5. The Bertz CT molecular complexity index is 830. The van der Waals surface area contributed by atoms with Crippen molar-refractivity contribution in [2.45, 2.75) is 96.8 Å². The Kier molecular flexibility index (Phi) is 8.02. The molecule has 32 heavy (non-hydrogen) atoms. The zero-order valence-corrected chi connectivity index (χ0v) is 20.0. The van der Waals surface area contributed by atoms with Crippen molar-refractivity contribution in [2.75, 3.05) is 0 Å². The van der Waals surface area contributed by atoms with E-state index in [2.05, 4.69) is 19.1 Å². The predicted molar refractivity (Wildman–Crippen MR) is 131 cm³/mol. The minimum atomic E-state index is -0.440. The molecular formula is C30H40F2. The topological polar surface area (TPSA) is 0 Å². The van der Waals surface area contributed by atoms with E-state index < -0.39 is 11.6 Å². The Morgan fingerprint density at radius 3 is 1.81 bits per heavy atom. The molecule has 0 N–H and O–H groups in total. The Labute approximate surface area is 193 Å².